The van der Waals surface area contributed by atoms with E-state index in [2.05, 4.69) is 10.6 Å². The lowest BCUT2D eigenvalue weighted by Gasteiger charge is -2.17. The number of rotatable bonds is 8. The van der Waals surface area contributed by atoms with E-state index in [0.717, 1.165) is 18.4 Å². The molecule has 0 spiro atoms. The highest BCUT2D eigenvalue weighted by Gasteiger charge is 2.18. The van der Waals surface area contributed by atoms with Crippen LogP contribution in [0.25, 0.3) is 0 Å². The van der Waals surface area contributed by atoms with Crippen molar-refractivity contribution >= 4 is 11.8 Å². The second-order valence-corrected chi connectivity index (χ2v) is 5.59. The Morgan fingerprint density at radius 3 is 2.59 bits per heavy atom. The topological polar surface area (TPSA) is 84.2 Å². The van der Waals surface area contributed by atoms with Gasteiger partial charge in [0.15, 0.2) is 0 Å². The van der Waals surface area contributed by atoms with Crippen molar-refractivity contribution in [3.63, 3.8) is 0 Å². The number of benzene rings is 1. The summed E-state index contributed by atoms with van der Waals surface area (Å²) < 4.78 is 0. The highest BCUT2D eigenvalue weighted by molar-refractivity contribution is 5.94. The van der Waals surface area contributed by atoms with Gasteiger partial charge in [-0.1, -0.05) is 39.3 Å². The van der Waals surface area contributed by atoms with E-state index in [4.69, 9.17) is 5.73 Å². The van der Waals surface area contributed by atoms with Crippen LogP contribution in [0.4, 0.5) is 0 Å². The monoisotopic (exact) mass is 305 g/mol. The normalized spacial score (nSPS) is 13.3. The first-order valence-corrected chi connectivity index (χ1v) is 7.90. The van der Waals surface area contributed by atoms with Crippen molar-refractivity contribution < 1.29 is 9.59 Å². The van der Waals surface area contributed by atoms with Crippen molar-refractivity contribution in [2.75, 3.05) is 6.54 Å². The predicted octanol–water partition coefficient (Wildman–Crippen LogP) is 1.82. The van der Waals surface area contributed by atoms with Gasteiger partial charge in [0.1, 0.15) is 0 Å². The Labute approximate surface area is 132 Å². The van der Waals surface area contributed by atoms with Crippen LogP contribution >= 0.6 is 0 Å². The Hall–Kier alpha value is -1.88. The van der Waals surface area contributed by atoms with Crippen LogP contribution in [-0.4, -0.2) is 24.4 Å². The van der Waals surface area contributed by atoms with Crippen molar-refractivity contribution in [2.24, 2.45) is 11.7 Å². The quantitative estimate of drug-likeness (QED) is 0.685. The van der Waals surface area contributed by atoms with E-state index in [1.807, 2.05) is 32.9 Å². The predicted molar refractivity (Wildman–Crippen MR) is 88.3 cm³/mol. The third-order valence-electron chi connectivity index (χ3n) is 3.75. The molecule has 122 valence electrons. The van der Waals surface area contributed by atoms with Gasteiger partial charge in [0.25, 0.3) is 5.91 Å². The number of nitrogens with one attached hydrogen (secondary N) is 2. The molecule has 0 aliphatic rings. The summed E-state index contributed by atoms with van der Waals surface area (Å²) in [5.74, 6) is -0.104. The number of amides is 2. The average molecular weight is 305 g/mol. The van der Waals surface area contributed by atoms with E-state index in [9.17, 15) is 9.59 Å². The van der Waals surface area contributed by atoms with Crippen molar-refractivity contribution in [3.05, 3.63) is 35.4 Å². The van der Waals surface area contributed by atoms with E-state index in [1.54, 1.807) is 12.1 Å². The molecular weight excluding hydrogens is 278 g/mol. The lowest BCUT2D eigenvalue weighted by molar-refractivity contribution is -0.123. The first kappa shape index (κ1) is 18.2. The zero-order valence-electron chi connectivity index (χ0n) is 13.7. The Morgan fingerprint density at radius 2 is 1.95 bits per heavy atom. The minimum absolute atomic E-state index is 0.0914. The molecule has 0 aliphatic heterocycles. The summed E-state index contributed by atoms with van der Waals surface area (Å²) >= 11 is 0. The lowest BCUT2D eigenvalue weighted by atomic mass is 9.99. The number of carbonyl (C=O) groups is 2. The van der Waals surface area contributed by atoms with Crippen LogP contribution in [0.1, 0.15) is 49.5 Å². The number of hydrogen-bond donors (Lipinski definition) is 3. The molecule has 2 unspecified atom stereocenters. The smallest absolute Gasteiger partial charge is 0.251 e. The summed E-state index contributed by atoms with van der Waals surface area (Å²) in [6, 6.07) is 6.75. The van der Waals surface area contributed by atoms with Gasteiger partial charge >= 0.3 is 0 Å². The zero-order valence-corrected chi connectivity index (χ0v) is 13.7. The minimum Gasteiger partial charge on any atom is -0.352 e. The summed E-state index contributed by atoms with van der Waals surface area (Å²) in [6.45, 7) is 7.01. The maximum atomic E-state index is 12.0. The molecule has 5 nitrogen and oxygen atoms in total. The Bertz CT molecular complexity index is 502. The van der Waals surface area contributed by atoms with E-state index >= 15 is 0 Å². The van der Waals surface area contributed by atoms with Crippen molar-refractivity contribution in [1.29, 1.82) is 0 Å². The third-order valence-corrected chi connectivity index (χ3v) is 3.75. The second-order valence-electron chi connectivity index (χ2n) is 5.59. The Balaban J connectivity index is 2.60. The van der Waals surface area contributed by atoms with Crippen LogP contribution in [0, 0.1) is 5.92 Å². The molecule has 1 aromatic carbocycles. The van der Waals surface area contributed by atoms with Gasteiger partial charge in [-0.2, -0.15) is 0 Å². The van der Waals surface area contributed by atoms with Gasteiger partial charge < -0.3 is 16.4 Å². The van der Waals surface area contributed by atoms with Crippen LogP contribution in [0.5, 0.6) is 0 Å². The molecule has 2 amide bonds. The maximum absolute atomic E-state index is 12.0. The van der Waals surface area contributed by atoms with Crippen LogP contribution in [0.3, 0.4) is 0 Å². The SMILES string of the molecule is CCCNC(=O)c1cccc(CNC(=O)C(N)C(C)CC)c1. The van der Waals surface area contributed by atoms with Crippen LogP contribution in [-0.2, 0) is 11.3 Å². The molecule has 0 radical (unpaired) electrons. The van der Waals surface area contributed by atoms with Crippen molar-refractivity contribution in [1.82, 2.24) is 10.6 Å². The second kappa shape index (κ2) is 9.20. The molecule has 5 heteroatoms. The molecule has 0 saturated carbocycles. The fraction of sp³-hybridized carbons (Fsp3) is 0.529. The van der Waals surface area contributed by atoms with Gasteiger partial charge in [-0.15, -0.1) is 0 Å². The van der Waals surface area contributed by atoms with E-state index < -0.39 is 6.04 Å². The molecule has 0 bridgehead atoms. The van der Waals surface area contributed by atoms with Crippen molar-refractivity contribution in [3.8, 4) is 0 Å². The first-order chi connectivity index (χ1) is 10.5. The fourth-order valence-corrected chi connectivity index (χ4v) is 1.98. The van der Waals surface area contributed by atoms with Gasteiger partial charge in [0.2, 0.25) is 5.91 Å². The Kier molecular flexibility index (Phi) is 7.60. The number of nitrogens with two attached hydrogens (primary N) is 1. The van der Waals surface area contributed by atoms with Crippen LogP contribution in [0.15, 0.2) is 24.3 Å². The molecule has 0 heterocycles. The molecule has 0 saturated heterocycles. The van der Waals surface area contributed by atoms with Gasteiger partial charge in [0, 0.05) is 18.7 Å². The van der Waals surface area contributed by atoms with E-state index in [-0.39, 0.29) is 17.7 Å². The standard InChI is InChI=1S/C17H27N3O2/c1-4-9-19-16(21)14-8-6-7-13(10-14)11-20-17(22)15(18)12(3)5-2/h6-8,10,12,15H,4-5,9,11,18H2,1-3H3,(H,19,21)(H,20,22). The molecular formula is C17H27N3O2. The molecule has 0 aromatic heterocycles. The highest BCUT2D eigenvalue weighted by atomic mass is 16.2. The molecule has 0 fully saturated rings. The highest BCUT2D eigenvalue weighted by Crippen LogP contribution is 2.07. The van der Waals surface area contributed by atoms with Gasteiger partial charge in [-0.05, 0) is 30.0 Å². The summed E-state index contributed by atoms with van der Waals surface area (Å²) in [6.07, 6.45) is 1.76. The summed E-state index contributed by atoms with van der Waals surface area (Å²) in [5, 5.41) is 5.66. The number of hydrogen-bond acceptors (Lipinski definition) is 3. The molecule has 1 aromatic rings. The van der Waals surface area contributed by atoms with E-state index in [1.165, 1.54) is 0 Å². The third kappa shape index (κ3) is 5.48. The summed E-state index contributed by atoms with van der Waals surface area (Å²) in [7, 11) is 0. The maximum Gasteiger partial charge on any atom is 0.251 e. The average Bonchev–Trinajstić information content (AvgIpc) is 2.56. The van der Waals surface area contributed by atoms with Crippen LogP contribution < -0.4 is 16.4 Å². The largest absolute Gasteiger partial charge is 0.352 e. The number of carbonyl (C=O) groups excluding carboxylic acids is 2. The molecule has 22 heavy (non-hydrogen) atoms. The minimum atomic E-state index is -0.499. The van der Waals surface area contributed by atoms with Crippen molar-refractivity contribution in [2.45, 2.75) is 46.2 Å². The van der Waals surface area contributed by atoms with Gasteiger partial charge in [-0.25, -0.2) is 0 Å². The molecule has 4 N–H and O–H groups in total. The van der Waals surface area contributed by atoms with Gasteiger partial charge in [0.05, 0.1) is 6.04 Å². The first-order valence-electron chi connectivity index (χ1n) is 7.90. The summed E-state index contributed by atoms with van der Waals surface area (Å²) in [4.78, 5) is 23.9. The summed E-state index contributed by atoms with van der Waals surface area (Å²) in [5.41, 5.74) is 7.38. The Morgan fingerprint density at radius 1 is 1.23 bits per heavy atom. The fourth-order valence-electron chi connectivity index (χ4n) is 1.98. The zero-order chi connectivity index (χ0) is 16.5. The molecule has 1 rings (SSSR count). The van der Waals surface area contributed by atoms with Crippen LogP contribution in [0.2, 0.25) is 0 Å². The van der Waals surface area contributed by atoms with E-state index in [0.29, 0.717) is 18.7 Å². The molecule has 2 atom stereocenters. The molecule has 0 aliphatic carbocycles. The lowest BCUT2D eigenvalue weighted by Crippen LogP contribution is -2.44. The van der Waals surface area contributed by atoms with Gasteiger partial charge in [-0.3, -0.25) is 9.59 Å².